The molecule has 7 aliphatic rings. The molecule has 10 nitrogen and oxygen atoms in total. The van der Waals surface area contributed by atoms with Crippen molar-refractivity contribution >= 4 is 17.9 Å². The van der Waals surface area contributed by atoms with Crippen molar-refractivity contribution in [2.75, 3.05) is 6.61 Å². The lowest BCUT2D eigenvalue weighted by atomic mass is 9.66. The molecule has 0 aromatic carbocycles. The smallest absolute Gasteiger partial charge is 0.339 e. The summed E-state index contributed by atoms with van der Waals surface area (Å²) in [6.45, 7) is 7.22. The van der Waals surface area contributed by atoms with Crippen molar-refractivity contribution in [1.82, 2.24) is 0 Å². The molecule has 2 saturated carbocycles. The molecule has 0 bridgehead atoms. The molecule has 5 aliphatic heterocycles. The SMILES string of the molecule is CC1=C/C(=C/[C@@H](C)[C@@]23OC(=O)C[C@]2(C)[C@H]2C[C@]4(O)C[C@]56OC(=O)C[C@H]5O[C@@](C)(CO)[C@@H]6CC[C@@H]4[C@H]2O3)OC1=O. The molecule has 39 heavy (non-hydrogen) atoms. The number of aliphatic hydroxyl groups is 2. The van der Waals surface area contributed by atoms with E-state index in [0.717, 1.165) is 0 Å². The average molecular weight is 545 g/mol. The Morgan fingerprint density at radius 3 is 2.56 bits per heavy atom. The Morgan fingerprint density at radius 2 is 1.87 bits per heavy atom. The lowest BCUT2D eigenvalue weighted by Gasteiger charge is -2.43. The van der Waals surface area contributed by atoms with Gasteiger partial charge in [-0.05, 0) is 45.3 Å². The van der Waals surface area contributed by atoms with E-state index < -0.39 is 46.0 Å². The van der Waals surface area contributed by atoms with Crippen LogP contribution in [0.4, 0.5) is 0 Å². The summed E-state index contributed by atoms with van der Waals surface area (Å²) in [6, 6.07) is 0. The quantitative estimate of drug-likeness (QED) is 0.401. The molecule has 1 spiro atoms. The third kappa shape index (κ3) is 3.09. The summed E-state index contributed by atoms with van der Waals surface area (Å²) in [6.07, 6.45) is 4.52. The minimum atomic E-state index is -1.27. The molecule has 4 saturated heterocycles. The summed E-state index contributed by atoms with van der Waals surface area (Å²) in [5.41, 5.74) is -3.32. The Labute approximate surface area is 226 Å². The molecular weight excluding hydrogens is 508 g/mol. The summed E-state index contributed by atoms with van der Waals surface area (Å²) in [7, 11) is 0. The summed E-state index contributed by atoms with van der Waals surface area (Å²) >= 11 is 0. The number of esters is 3. The standard InChI is InChI=1S/C29H36O10/c1-14-7-16(35-24(14)33)8-15(2)29-25(3,11-22(32)38-29)18-10-27(34)12-28-19(6-5-17(27)23(18)39-29)26(4,13-30)36-20(28)9-21(31)37-28/h7-8,15,17-20,23,30,34H,5-6,9-13H2,1-4H3/b16-8-/t15-,17-,18+,19+,20-,23-,25-,26+,27+,28-,29+/m1/s1. The van der Waals surface area contributed by atoms with E-state index in [-0.39, 0.29) is 61.7 Å². The summed E-state index contributed by atoms with van der Waals surface area (Å²) < 4.78 is 30.5. The van der Waals surface area contributed by atoms with Crippen LogP contribution >= 0.6 is 0 Å². The van der Waals surface area contributed by atoms with Crippen LogP contribution in [0.3, 0.4) is 0 Å². The van der Waals surface area contributed by atoms with Crippen LogP contribution in [0.5, 0.6) is 0 Å². The van der Waals surface area contributed by atoms with E-state index in [1.54, 1.807) is 19.1 Å². The first kappa shape index (κ1) is 25.7. The molecule has 0 radical (unpaired) electrons. The van der Waals surface area contributed by atoms with Crippen LogP contribution in [0.1, 0.15) is 66.2 Å². The first-order chi connectivity index (χ1) is 18.3. The van der Waals surface area contributed by atoms with Crippen molar-refractivity contribution in [3.63, 3.8) is 0 Å². The minimum absolute atomic E-state index is 0.101. The molecule has 0 amide bonds. The Kier molecular flexibility index (Phi) is 5.08. The van der Waals surface area contributed by atoms with Crippen molar-refractivity contribution in [1.29, 1.82) is 0 Å². The number of aliphatic hydroxyl groups excluding tert-OH is 1. The van der Waals surface area contributed by atoms with Crippen LogP contribution in [0.25, 0.3) is 0 Å². The maximum Gasteiger partial charge on any atom is 0.339 e. The Hall–Kier alpha value is -2.27. The van der Waals surface area contributed by atoms with E-state index in [1.165, 1.54) is 0 Å². The zero-order valence-electron chi connectivity index (χ0n) is 22.7. The van der Waals surface area contributed by atoms with Crippen LogP contribution in [-0.2, 0) is 38.1 Å². The predicted octanol–water partition coefficient (Wildman–Crippen LogP) is 2.06. The molecular formula is C29H36O10. The van der Waals surface area contributed by atoms with Crippen LogP contribution in [0, 0.1) is 29.1 Å². The number of hydrogen-bond donors (Lipinski definition) is 2. The lowest BCUT2D eigenvalue weighted by molar-refractivity contribution is -0.257. The molecule has 0 aromatic rings. The second kappa shape index (κ2) is 7.72. The van der Waals surface area contributed by atoms with Crippen molar-refractivity contribution in [2.24, 2.45) is 29.1 Å². The number of cyclic esters (lactones) is 1. The van der Waals surface area contributed by atoms with E-state index >= 15 is 0 Å². The zero-order valence-corrected chi connectivity index (χ0v) is 22.7. The average Bonchev–Trinajstić information content (AvgIpc) is 3.56. The van der Waals surface area contributed by atoms with Gasteiger partial charge in [-0.3, -0.25) is 9.59 Å². The highest BCUT2D eigenvalue weighted by molar-refractivity contribution is 5.92. The highest BCUT2D eigenvalue weighted by Gasteiger charge is 2.79. The lowest BCUT2D eigenvalue weighted by Crippen LogP contribution is -2.53. The van der Waals surface area contributed by atoms with Gasteiger partial charge in [-0.1, -0.05) is 13.8 Å². The predicted molar refractivity (Wildman–Crippen MR) is 131 cm³/mol. The second-order valence-electron chi connectivity index (χ2n) is 13.4. The fourth-order valence-electron chi connectivity index (χ4n) is 9.57. The van der Waals surface area contributed by atoms with Crippen molar-refractivity contribution in [3.05, 3.63) is 23.5 Å². The van der Waals surface area contributed by atoms with Crippen LogP contribution in [-0.4, -0.2) is 69.5 Å². The zero-order chi connectivity index (χ0) is 27.8. The van der Waals surface area contributed by atoms with Gasteiger partial charge in [0, 0.05) is 41.1 Å². The first-order valence-electron chi connectivity index (χ1n) is 14.0. The number of carbonyl (C=O) groups excluding carboxylic acids is 3. The van der Waals surface area contributed by atoms with Gasteiger partial charge in [0.05, 0.1) is 36.8 Å². The topological polar surface area (TPSA) is 138 Å². The van der Waals surface area contributed by atoms with E-state index in [2.05, 4.69) is 0 Å². The van der Waals surface area contributed by atoms with Crippen LogP contribution < -0.4 is 0 Å². The monoisotopic (exact) mass is 544 g/mol. The van der Waals surface area contributed by atoms with E-state index in [4.69, 9.17) is 23.7 Å². The number of carbonyl (C=O) groups is 3. The van der Waals surface area contributed by atoms with E-state index in [1.807, 2.05) is 20.8 Å². The Bertz CT molecular complexity index is 1240. The molecule has 0 unspecified atom stereocenters. The van der Waals surface area contributed by atoms with Gasteiger partial charge in [-0.15, -0.1) is 0 Å². The van der Waals surface area contributed by atoms with Gasteiger partial charge in [0.1, 0.15) is 17.5 Å². The second-order valence-corrected chi connectivity index (χ2v) is 13.4. The third-order valence-electron chi connectivity index (χ3n) is 11.3. The summed E-state index contributed by atoms with van der Waals surface area (Å²) in [4.78, 5) is 37.2. The molecule has 0 aromatic heterocycles. The van der Waals surface area contributed by atoms with Crippen LogP contribution in [0.2, 0.25) is 0 Å². The van der Waals surface area contributed by atoms with Crippen molar-refractivity contribution in [2.45, 2.75) is 101 Å². The molecule has 5 heterocycles. The number of allylic oxidation sites excluding steroid dienone is 1. The highest BCUT2D eigenvalue weighted by atomic mass is 16.7. The van der Waals surface area contributed by atoms with Gasteiger partial charge >= 0.3 is 17.9 Å². The Morgan fingerprint density at radius 1 is 1.10 bits per heavy atom. The molecule has 6 fully saturated rings. The van der Waals surface area contributed by atoms with Gasteiger partial charge < -0.3 is 33.9 Å². The molecule has 2 N–H and O–H groups in total. The molecule has 212 valence electrons. The molecule has 7 rings (SSSR count). The maximum absolute atomic E-state index is 12.8. The van der Waals surface area contributed by atoms with E-state index in [0.29, 0.717) is 30.6 Å². The van der Waals surface area contributed by atoms with Crippen LogP contribution in [0.15, 0.2) is 23.5 Å². The fraction of sp³-hybridized carbons (Fsp3) is 0.759. The van der Waals surface area contributed by atoms with Gasteiger partial charge in [-0.2, -0.15) is 0 Å². The summed E-state index contributed by atoms with van der Waals surface area (Å²) in [5.74, 6) is -3.13. The van der Waals surface area contributed by atoms with Gasteiger partial charge in [0.2, 0.25) is 5.79 Å². The van der Waals surface area contributed by atoms with Gasteiger partial charge in [0.15, 0.2) is 0 Å². The molecule has 2 aliphatic carbocycles. The number of ether oxygens (including phenoxy) is 5. The fourth-order valence-corrected chi connectivity index (χ4v) is 9.57. The minimum Gasteiger partial charge on any atom is -0.456 e. The largest absolute Gasteiger partial charge is 0.456 e. The third-order valence-corrected chi connectivity index (χ3v) is 11.3. The maximum atomic E-state index is 12.8. The number of fused-ring (bicyclic) bond motifs is 5. The molecule has 10 heteroatoms. The number of hydrogen-bond acceptors (Lipinski definition) is 10. The summed E-state index contributed by atoms with van der Waals surface area (Å²) in [5, 5.41) is 22.6. The number of rotatable bonds is 3. The van der Waals surface area contributed by atoms with Crippen molar-refractivity contribution < 1.29 is 48.3 Å². The van der Waals surface area contributed by atoms with E-state index in [9.17, 15) is 24.6 Å². The van der Waals surface area contributed by atoms with Gasteiger partial charge in [0.25, 0.3) is 0 Å². The molecule has 11 atom stereocenters. The Balaban J connectivity index is 1.24. The first-order valence-corrected chi connectivity index (χ1v) is 14.0. The highest BCUT2D eigenvalue weighted by Crippen LogP contribution is 2.70. The van der Waals surface area contributed by atoms with Gasteiger partial charge in [-0.25, -0.2) is 4.79 Å². The normalized spacial score (nSPS) is 53.3. The van der Waals surface area contributed by atoms with Crippen molar-refractivity contribution in [3.8, 4) is 0 Å².